The van der Waals surface area contributed by atoms with Crippen LogP contribution in [0.3, 0.4) is 0 Å². The average Bonchev–Trinajstić information content (AvgIpc) is 3.26. The molecule has 3 heteroatoms. The summed E-state index contributed by atoms with van der Waals surface area (Å²) in [6.45, 7) is 0. The van der Waals surface area contributed by atoms with E-state index in [4.69, 9.17) is 16.0 Å². The Morgan fingerprint density at radius 1 is 0.867 bits per heavy atom. The van der Waals surface area contributed by atoms with Crippen LogP contribution in [0.5, 0.6) is 0 Å². The van der Waals surface area contributed by atoms with Crippen LogP contribution in [0.4, 0.5) is 0 Å². The van der Waals surface area contributed by atoms with Crippen LogP contribution >= 0.6 is 11.6 Å². The van der Waals surface area contributed by atoms with Crippen molar-refractivity contribution in [1.82, 2.24) is 0 Å². The van der Waals surface area contributed by atoms with Crippen LogP contribution in [0.25, 0.3) is 32.5 Å². The molecule has 5 aromatic rings. The third kappa shape index (κ3) is 2.60. The lowest BCUT2D eigenvalue weighted by Crippen LogP contribution is -2.25. The quantitative estimate of drug-likeness (QED) is 0.172. The number of aryl methyl sites for hydroxylation is 1. The molecule has 0 fully saturated rings. The minimum absolute atomic E-state index is 0.0950. The van der Waals surface area contributed by atoms with E-state index in [0.717, 1.165) is 29.4 Å². The molecule has 2 nitrogen and oxygen atoms in total. The second-order valence-corrected chi connectivity index (χ2v) is 8.57. The number of furan rings is 1. The highest BCUT2D eigenvalue weighted by molar-refractivity contribution is 6.24. The Hall–Kier alpha value is -3.10. The molecule has 6 rings (SSSR count). The van der Waals surface area contributed by atoms with Crippen molar-refractivity contribution in [2.75, 3.05) is 0 Å². The number of rotatable bonds is 2. The van der Waals surface area contributed by atoms with Crippen molar-refractivity contribution in [2.45, 2.75) is 18.2 Å². The van der Waals surface area contributed by atoms with Crippen LogP contribution in [0.15, 0.2) is 83.5 Å². The van der Waals surface area contributed by atoms with Crippen LogP contribution in [0.2, 0.25) is 0 Å². The van der Waals surface area contributed by atoms with Gasteiger partial charge in [0.15, 0.2) is 5.78 Å². The van der Waals surface area contributed by atoms with Gasteiger partial charge in [0.2, 0.25) is 0 Å². The van der Waals surface area contributed by atoms with Crippen molar-refractivity contribution in [1.29, 1.82) is 0 Å². The Bertz CT molecular complexity index is 1450. The summed E-state index contributed by atoms with van der Waals surface area (Å²) in [6.07, 6.45) is 3.25. The van der Waals surface area contributed by atoms with E-state index in [-0.39, 0.29) is 17.1 Å². The molecule has 1 aliphatic carbocycles. The van der Waals surface area contributed by atoms with Gasteiger partial charge in [-0.05, 0) is 57.6 Å². The van der Waals surface area contributed by atoms with Gasteiger partial charge in [-0.1, -0.05) is 60.7 Å². The van der Waals surface area contributed by atoms with Crippen molar-refractivity contribution in [3.05, 3.63) is 95.7 Å². The number of carbonyl (C=O) groups is 1. The minimum atomic E-state index is -0.329. The predicted molar refractivity (Wildman–Crippen MR) is 122 cm³/mol. The van der Waals surface area contributed by atoms with Crippen molar-refractivity contribution in [3.63, 3.8) is 0 Å². The second kappa shape index (κ2) is 6.72. The zero-order chi connectivity index (χ0) is 20.2. The van der Waals surface area contributed by atoms with Gasteiger partial charge in [-0.2, -0.15) is 0 Å². The highest BCUT2D eigenvalue weighted by atomic mass is 35.5. The fraction of sp³-hybridized carbons (Fsp3) is 0.148. The number of alkyl halides is 1. The predicted octanol–water partition coefficient (Wildman–Crippen LogP) is 7.46. The van der Waals surface area contributed by atoms with Gasteiger partial charge in [0.05, 0.1) is 11.6 Å². The van der Waals surface area contributed by atoms with Crippen molar-refractivity contribution >= 4 is 49.9 Å². The minimum Gasteiger partial charge on any atom is -0.464 e. The lowest BCUT2D eigenvalue weighted by atomic mass is 9.77. The summed E-state index contributed by atoms with van der Waals surface area (Å²) in [5, 5.41) is 5.67. The van der Waals surface area contributed by atoms with Crippen LogP contribution in [0.1, 0.15) is 33.3 Å². The van der Waals surface area contributed by atoms with Gasteiger partial charge in [0.1, 0.15) is 5.58 Å². The summed E-state index contributed by atoms with van der Waals surface area (Å²) in [6, 6.07) is 24.7. The van der Waals surface area contributed by atoms with Crippen LogP contribution in [-0.2, 0) is 6.42 Å². The van der Waals surface area contributed by atoms with E-state index >= 15 is 0 Å². The molecule has 0 N–H and O–H groups in total. The molecule has 0 radical (unpaired) electrons. The Kier molecular flexibility index (Phi) is 3.97. The fourth-order valence-corrected chi connectivity index (χ4v) is 5.40. The first kappa shape index (κ1) is 17.7. The molecular weight excluding hydrogens is 392 g/mol. The van der Waals surface area contributed by atoms with Gasteiger partial charge in [0, 0.05) is 16.9 Å². The SMILES string of the molecule is O=C(c1ccc2ccoc2c1)C1CCc2c(ccc3c2ccc2ccccc23)C1Cl. The van der Waals surface area contributed by atoms with Gasteiger partial charge in [0.25, 0.3) is 0 Å². The molecule has 0 amide bonds. The highest BCUT2D eigenvalue weighted by Gasteiger charge is 2.34. The van der Waals surface area contributed by atoms with Crippen LogP contribution in [0, 0.1) is 5.92 Å². The summed E-state index contributed by atoms with van der Waals surface area (Å²) >= 11 is 6.93. The normalized spacial score (nSPS) is 18.7. The molecule has 1 aromatic heterocycles. The molecule has 2 atom stereocenters. The monoisotopic (exact) mass is 410 g/mol. The summed E-state index contributed by atoms with van der Waals surface area (Å²) in [4.78, 5) is 13.3. The van der Waals surface area contributed by atoms with E-state index in [0.29, 0.717) is 5.56 Å². The standard InChI is InChI=1S/C27H19ClO2/c28-26-23-11-9-20-19-4-2-1-3-16(19)7-8-21(20)22(23)10-12-24(26)27(29)18-6-5-17-13-14-30-25(17)15-18/h1-9,11,13-15,24,26H,10,12H2. The van der Waals surface area contributed by atoms with Gasteiger partial charge in [-0.15, -0.1) is 11.6 Å². The first-order valence-electron chi connectivity index (χ1n) is 10.3. The Balaban J connectivity index is 1.42. The van der Waals surface area contributed by atoms with Crippen LogP contribution in [-0.4, -0.2) is 5.78 Å². The largest absolute Gasteiger partial charge is 0.464 e. The molecule has 0 saturated heterocycles. The summed E-state index contributed by atoms with van der Waals surface area (Å²) in [7, 11) is 0. The first-order valence-corrected chi connectivity index (χ1v) is 10.7. The molecule has 0 aliphatic heterocycles. The van der Waals surface area contributed by atoms with Crippen molar-refractivity contribution in [3.8, 4) is 0 Å². The molecule has 146 valence electrons. The topological polar surface area (TPSA) is 30.2 Å². The van der Waals surface area contributed by atoms with E-state index in [2.05, 4.69) is 48.5 Å². The number of halogens is 1. The van der Waals surface area contributed by atoms with Gasteiger partial charge in [-0.3, -0.25) is 4.79 Å². The number of fused-ring (bicyclic) bond motifs is 6. The average molecular weight is 411 g/mol. The molecule has 1 heterocycles. The molecule has 0 saturated carbocycles. The molecule has 30 heavy (non-hydrogen) atoms. The molecule has 2 unspecified atom stereocenters. The first-order chi connectivity index (χ1) is 14.7. The maximum absolute atomic E-state index is 13.3. The number of ketones is 1. The number of hydrogen-bond acceptors (Lipinski definition) is 2. The zero-order valence-corrected chi connectivity index (χ0v) is 17.0. The van der Waals surface area contributed by atoms with E-state index in [1.165, 1.54) is 27.1 Å². The number of carbonyl (C=O) groups excluding carboxylic acids is 1. The summed E-state index contributed by atoms with van der Waals surface area (Å²) in [5.74, 6) is -0.137. The van der Waals surface area contributed by atoms with Gasteiger partial charge in [-0.25, -0.2) is 0 Å². The molecule has 1 aliphatic rings. The molecule has 0 bridgehead atoms. The van der Waals surface area contributed by atoms with E-state index < -0.39 is 0 Å². The van der Waals surface area contributed by atoms with E-state index in [1.54, 1.807) is 6.26 Å². The Morgan fingerprint density at radius 2 is 1.70 bits per heavy atom. The van der Waals surface area contributed by atoms with Crippen molar-refractivity contribution in [2.24, 2.45) is 5.92 Å². The fourth-order valence-electron chi connectivity index (χ4n) is 4.95. The van der Waals surface area contributed by atoms with Gasteiger partial charge < -0.3 is 4.42 Å². The molecule has 0 spiro atoms. The number of hydrogen-bond donors (Lipinski definition) is 0. The third-order valence-corrected chi connectivity index (χ3v) is 7.05. The summed E-state index contributed by atoms with van der Waals surface area (Å²) in [5.41, 5.74) is 3.77. The van der Waals surface area contributed by atoms with Crippen LogP contribution < -0.4 is 0 Å². The third-order valence-electron chi connectivity index (χ3n) is 6.51. The van der Waals surface area contributed by atoms with Gasteiger partial charge >= 0.3 is 0 Å². The smallest absolute Gasteiger partial charge is 0.167 e. The lowest BCUT2D eigenvalue weighted by Gasteiger charge is -2.30. The van der Waals surface area contributed by atoms with E-state index in [9.17, 15) is 4.79 Å². The van der Waals surface area contributed by atoms with Crippen molar-refractivity contribution < 1.29 is 9.21 Å². The second-order valence-electron chi connectivity index (χ2n) is 8.10. The molecular formula is C27H19ClO2. The maximum Gasteiger partial charge on any atom is 0.167 e. The maximum atomic E-state index is 13.3. The Labute approximate surface area is 179 Å². The highest BCUT2D eigenvalue weighted by Crippen LogP contribution is 2.44. The summed E-state index contributed by atoms with van der Waals surface area (Å²) < 4.78 is 5.48. The zero-order valence-electron chi connectivity index (χ0n) is 16.3. The molecule has 4 aromatic carbocycles. The Morgan fingerprint density at radius 3 is 2.63 bits per heavy atom. The van der Waals surface area contributed by atoms with E-state index in [1.807, 2.05) is 24.3 Å². The number of Topliss-reactive ketones (excluding diaryl/α,β-unsaturated/α-hetero) is 1. The number of benzene rings is 4. The lowest BCUT2D eigenvalue weighted by molar-refractivity contribution is 0.0905.